The Bertz CT molecular complexity index is 514. The Labute approximate surface area is 98.2 Å². The van der Waals surface area contributed by atoms with Gasteiger partial charge >= 0.3 is 0 Å². The summed E-state index contributed by atoms with van der Waals surface area (Å²) in [5.41, 5.74) is 0.977. The summed E-state index contributed by atoms with van der Waals surface area (Å²) in [4.78, 5) is 10.6. The van der Waals surface area contributed by atoms with E-state index in [-0.39, 0.29) is 0 Å². The van der Waals surface area contributed by atoms with Crippen LogP contribution in [-0.4, -0.2) is 23.1 Å². The molecule has 2 aromatic heterocycles. The molecule has 0 saturated carbocycles. The van der Waals surface area contributed by atoms with Gasteiger partial charge in [0.25, 0.3) is 0 Å². The minimum Gasteiger partial charge on any atom is -0.355 e. The lowest BCUT2D eigenvalue weighted by molar-refractivity contribution is 0.814. The Balaban J connectivity index is 2.37. The van der Waals surface area contributed by atoms with E-state index in [4.69, 9.17) is 5.26 Å². The second-order valence-corrected chi connectivity index (χ2v) is 4.24. The molecular formula is C11H12N4S. The summed E-state index contributed by atoms with van der Waals surface area (Å²) in [6.07, 6.45) is 2.10. The van der Waals surface area contributed by atoms with Gasteiger partial charge in [-0.1, -0.05) is 0 Å². The van der Waals surface area contributed by atoms with Gasteiger partial charge in [-0.3, -0.25) is 0 Å². The first-order valence-corrected chi connectivity index (χ1v) is 6.05. The van der Waals surface area contributed by atoms with Crippen LogP contribution in [0.15, 0.2) is 17.8 Å². The van der Waals surface area contributed by atoms with Gasteiger partial charge in [0, 0.05) is 13.1 Å². The molecule has 0 spiro atoms. The smallest absolute Gasteiger partial charge is 0.150 e. The Morgan fingerprint density at radius 1 is 1.50 bits per heavy atom. The lowest BCUT2D eigenvalue weighted by Gasteiger charge is -2.20. The van der Waals surface area contributed by atoms with Crippen LogP contribution >= 0.6 is 11.3 Å². The van der Waals surface area contributed by atoms with Crippen LogP contribution in [0.3, 0.4) is 0 Å². The van der Waals surface area contributed by atoms with E-state index < -0.39 is 0 Å². The number of hydrogen-bond acceptors (Lipinski definition) is 5. The molecule has 0 bridgehead atoms. The van der Waals surface area contributed by atoms with Crippen LogP contribution in [0.4, 0.5) is 5.82 Å². The molecule has 0 unspecified atom stereocenters. The highest BCUT2D eigenvalue weighted by molar-refractivity contribution is 7.17. The third-order valence-corrected chi connectivity index (χ3v) is 3.30. The molecule has 2 aromatic rings. The predicted octanol–water partition coefficient (Wildman–Crippen LogP) is 2.43. The van der Waals surface area contributed by atoms with Crippen molar-refractivity contribution in [2.75, 3.05) is 18.0 Å². The topological polar surface area (TPSA) is 52.8 Å². The van der Waals surface area contributed by atoms with Gasteiger partial charge in [-0.25, -0.2) is 9.97 Å². The van der Waals surface area contributed by atoms with Crippen LogP contribution in [-0.2, 0) is 0 Å². The zero-order chi connectivity index (χ0) is 11.4. The van der Waals surface area contributed by atoms with E-state index in [9.17, 15) is 0 Å². The van der Waals surface area contributed by atoms with Crippen molar-refractivity contribution in [3.63, 3.8) is 0 Å². The van der Waals surface area contributed by atoms with Crippen molar-refractivity contribution in [3.05, 3.63) is 17.8 Å². The average Bonchev–Trinajstić information content (AvgIpc) is 2.78. The van der Waals surface area contributed by atoms with E-state index in [1.807, 2.05) is 11.4 Å². The van der Waals surface area contributed by atoms with Gasteiger partial charge < -0.3 is 4.90 Å². The molecule has 2 heterocycles. The van der Waals surface area contributed by atoms with Crippen molar-refractivity contribution in [1.82, 2.24) is 9.97 Å². The Kier molecular flexibility index (Phi) is 3.32. The Hall–Kier alpha value is -1.67. The summed E-state index contributed by atoms with van der Waals surface area (Å²) < 4.78 is 1.10. The third-order valence-electron chi connectivity index (χ3n) is 2.40. The number of nitrogens with zero attached hydrogens (tertiary/aromatic N) is 4. The highest BCUT2D eigenvalue weighted by Crippen LogP contribution is 2.27. The SMILES string of the molecule is CCN(CCC#N)c1ncnc2ccsc12. The molecule has 2 rings (SSSR count). The van der Waals surface area contributed by atoms with E-state index in [0.717, 1.165) is 29.1 Å². The van der Waals surface area contributed by atoms with E-state index in [1.165, 1.54) is 0 Å². The molecule has 0 fully saturated rings. The van der Waals surface area contributed by atoms with E-state index in [2.05, 4.69) is 27.9 Å². The molecule has 0 aliphatic carbocycles. The molecular weight excluding hydrogens is 220 g/mol. The number of nitriles is 1. The Morgan fingerprint density at radius 2 is 2.38 bits per heavy atom. The highest BCUT2D eigenvalue weighted by atomic mass is 32.1. The van der Waals surface area contributed by atoms with Crippen molar-refractivity contribution in [1.29, 1.82) is 5.26 Å². The van der Waals surface area contributed by atoms with E-state index >= 15 is 0 Å². The number of aromatic nitrogens is 2. The molecule has 0 radical (unpaired) electrons. The maximum absolute atomic E-state index is 8.62. The van der Waals surface area contributed by atoms with Gasteiger partial charge in [-0.2, -0.15) is 5.26 Å². The minimum atomic E-state index is 0.519. The molecule has 0 atom stereocenters. The quantitative estimate of drug-likeness (QED) is 0.812. The summed E-state index contributed by atoms with van der Waals surface area (Å²) in [7, 11) is 0. The molecule has 82 valence electrons. The van der Waals surface area contributed by atoms with Crippen LogP contribution in [0.2, 0.25) is 0 Å². The number of anilines is 1. The lowest BCUT2D eigenvalue weighted by atomic mass is 10.3. The van der Waals surface area contributed by atoms with Gasteiger partial charge in [0.15, 0.2) is 0 Å². The van der Waals surface area contributed by atoms with Crippen molar-refractivity contribution in [3.8, 4) is 6.07 Å². The molecule has 0 aromatic carbocycles. The Morgan fingerprint density at radius 3 is 3.12 bits per heavy atom. The van der Waals surface area contributed by atoms with Crippen molar-refractivity contribution >= 4 is 27.4 Å². The standard InChI is InChI=1S/C11H12N4S/c1-2-15(6-3-5-12)11-10-9(4-7-16-10)13-8-14-11/h4,7-8H,2-3,6H2,1H3. The number of fused-ring (bicyclic) bond motifs is 1. The predicted molar refractivity (Wildman–Crippen MR) is 65.5 cm³/mol. The van der Waals surface area contributed by atoms with Crippen LogP contribution < -0.4 is 4.90 Å². The molecule has 16 heavy (non-hydrogen) atoms. The van der Waals surface area contributed by atoms with Crippen LogP contribution in [0.1, 0.15) is 13.3 Å². The molecule has 5 heteroatoms. The zero-order valence-electron chi connectivity index (χ0n) is 9.05. The summed E-state index contributed by atoms with van der Waals surface area (Å²) in [6, 6.07) is 4.15. The van der Waals surface area contributed by atoms with Gasteiger partial charge in [0.05, 0.1) is 22.7 Å². The maximum atomic E-state index is 8.62. The third kappa shape index (κ3) is 1.97. The van der Waals surface area contributed by atoms with E-state index in [1.54, 1.807) is 17.7 Å². The highest BCUT2D eigenvalue weighted by Gasteiger charge is 2.11. The summed E-state index contributed by atoms with van der Waals surface area (Å²) >= 11 is 1.64. The number of rotatable bonds is 4. The van der Waals surface area contributed by atoms with Gasteiger partial charge in [0.1, 0.15) is 12.1 Å². The van der Waals surface area contributed by atoms with Crippen LogP contribution in [0, 0.1) is 11.3 Å². The lowest BCUT2D eigenvalue weighted by Crippen LogP contribution is -2.24. The second-order valence-electron chi connectivity index (χ2n) is 3.32. The van der Waals surface area contributed by atoms with Crippen LogP contribution in [0.5, 0.6) is 0 Å². The molecule has 0 saturated heterocycles. The number of hydrogen-bond donors (Lipinski definition) is 0. The zero-order valence-corrected chi connectivity index (χ0v) is 9.87. The molecule has 4 nitrogen and oxygen atoms in total. The van der Waals surface area contributed by atoms with Crippen molar-refractivity contribution < 1.29 is 0 Å². The van der Waals surface area contributed by atoms with Gasteiger partial charge in [0.2, 0.25) is 0 Å². The first-order chi connectivity index (χ1) is 7.86. The molecule has 0 aliphatic heterocycles. The van der Waals surface area contributed by atoms with Gasteiger partial charge in [-0.15, -0.1) is 11.3 Å². The summed E-state index contributed by atoms with van der Waals surface area (Å²) in [5, 5.41) is 10.6. The van der Waals surface area contributed by atoms with Gasteiger partial charge in [-0.05, 0) is 18.4 Å². The fraction of sp³-hybridized carbons (Fsp3) is 0.364. The van der Waals surface area contributed by atoms with Crippen LogP contribution in [0.25, 0.3) is 10.2 Å². The summed E-state index contributed by atoms with van der Waals surface area (Å²) in [6.45, 7) is 3.64. The maximum Gasteiger partial charge on any atom is 0.150 e. The molecule has 0 amide bonds. The first-order valence-electron chi connectivity index (χ1n) is 5.17. The molecule has 0 N–H and O–H groups in total. The fourth-order valence-electron chi connectivity index (χ4n) is 1.60. The first kappa shape index (κ1) is 10.8. The normalized spacial score (nSPS) is 10.2. The number of thiophene rings is 1. The van der Waals surface area contributed by atoms with E-state index in [0.29, 0.717) is 6.42 Å². The summed E-state index contributed by atoms with van der Waals surface area (Å²) in [5.74, 6) is 0.942. The molecule has 0 aliphatic rings. The largest absolute Gasteiger partial charge is 0.355 e. The van der Waals surface area contributed by atoms with Crippen molar-refractivity contribution in [2.45, 2.75) is 13.3 Å². The minimum absolute atomic E-state index is 0.519. The monoisotopic (exact) mass is 232 g/mol. The second kappa shape index (κ2) is 4.90. The average molecular weight is 232 g/mol. The fourth-order valence-corrected chi connectivity index (χ4v) is 2.46. The van der Waals surface area contributed by atoms with Crippen molar-refractivity contribution in [2.24, 2.45) is 0 Å².